The smallest absolute Gasteiger partial charge is 0.354 e. The molecule has 3 nitrogen and oxygen atoms in total. The minimum atomic E-state index is -0.329. The van der Waals surface area contributed by atoms with Crippen LogP contribution in [0.15, 0.2) is 21.1 Å². The van der Waals surface area contributed by atoms with E-state index in [-0.39, 0.29) is 5.97 Å². The van der Waals surface area contributed by atoms with Crippen LogP contribution >= 0.6 is 31.9 Å². The Bertz CT molecular complexity index is 590. The lowest BCUT2D eigenvalue weighted by Crippen LogP contribution is -2.04. The topological polar surface area (TPSA) is 42.1 Å². The third kappa shape index (κ3) is 2.26. The van der Waals surface area contributed by atoms with E-state index < -0.39 is 0 Å². The number of hydrogen-bond donors (Lipinski definition) is 1. The maximum atomic E-state index is 11.6. The molecule has 0 saturated carbocycles. The van der Waals surface area contributed by atoms with Crippen LogP contribution in [-0.2, 0) is 4.74 Å². The maximum Gasteiger partial charge on any atom is 0.354 e. The highest BCUT2D eigenvalue weighted by atomic mass is 79.9. The number of carbonyl (C=O) groups is 1. The summed E-state index contributed by atoms with van der Waals surface area (Å²) >= 11 is 7.01. The van der Waals surface area contributed by atoms with Gasteiger partial charge in [-0.05, 0) is 47.5 Å². The van der Waals surface area contributed by atoms with E-state index in [2.05, 4.69) is 36.8 Å². The van der Waals surface area contributed by atoms with Gasteiger partial charge < -0.3 is 9.72 Å². The van der Waals surface area contributed by atoms with Crippen molar-refractivity contribution in [2.75, 3.05) is 6.61 Å². The normalized spacial score (nSPS) is 10.8. The van der Waals surface area contributed by atoms with E-state index in [0.717, 1.165) is 25.4 Å². The Hall–Kier alpha value is -0.810. The highest BCUT2D eigenvalue weighted by Crippen LogP contribution is 2.33. The number of aromatic amines is 1. The molecule has 1 aromatic carbocycles. The van der Waals surface area contributed by atoms with Crippen LogP contribution < -0.4 is 0 Å². The average molecular weight is 361 g/mol. The van der Waals surface area contributed by atoms with Gasteiger partial charge in [-0.25, -0.2) is 4.79 Å². The minimum absolute atomic E-state index is 0.329. The fourth-order valence-corrected chi connectivity index (χ4v) is 2.86. The quantitative estimate of drug-likeness (QED) is 0.816. The molecule has 2 aromatic rings. The molecular formula is C12H11Br2NO2. The summed E-state index contributed by atoms with van der Waals surface area (Å²) in [6, 6.07) is 3.76. The predicted molar refractivity (Wildman–Crippen MR) is 74.4 cm³/mol. The molecule has 17 heavy (non-hydrogen) atoms. The van der Waals surface area contributed by atoms with Gasteiger partial charge in [0.1, 0.15) is 5.69 Å². The molecule has 0 unspecified atom stereocenters. The summed E-state index contributed by atoms with van der Waals surface area (Å²) in [7, 11) is 0. The van der Waals surface area contributed by atoms with Crippen molar-refractivity contribution in [1.29, 1.82) is 0 Å². The van der Waals surface area contributed by atoms with Gasteiger partial charge in [0, 0.05) is 19.8 Å². The lowest BCUT2D eigenvalue weighted by atomic mass is 10.2. The zero-order valence-corrected chi connectivity index (χ0v) is 12.6. The molecule has 1 N–H and O–H groups in total. The average Bonchev–Trinajstić information content (AvgIpc) is 2.70. The van der Waals surface area contributed by atoms with Crippen molar-refractivity contribution < 1.29 is 9.53 Å². The van der Waals surface area contributed by atoms with Gasteiger partial charge in [-0.2, -0.15) is 0 Å². The summed E-state index contributed by atoms with van der Waals surface area (Å²) in [5.41, 5.74) is 2.48. The van der Waals surface area contributed by atoms with Crippen molar-refractivity contribution in [3.8, 4) is 0 Å². The summed E-state index contributed by atoms with van der Waals surface area (Å²) in [5.74, 6) is -0.329. The van der Waals surface area contributed by atoms with Crippen LogP contribution in [0.1, 0.15) is 23.0 Å². The van der Waals surface area contributed by atoms with Crippen molar-refractivity contribution in [2.24, 2.45) is 0 Å². The molecule has 0 aliphatic carbocycles. The molecule has 0 spiro atoms. The Labute approximate surface area is 116 Å². The van der Waals surface area contributed by atoms with Gasteiger partial charge in [0.2, 0.25) is 0 Å². The molecule has 0 amide bonds. The summed E-state index contributed by atoms with van der Waals surface area (Å²) in [4.78, 5) is 14.7. The van der Waals surface area contributed by atoms with E-state index in [4.69, 9.17) is 4.74 Å². The Morgan fingerprint density at radius 3 is 2.76 bits per heavy atom. The molecule has 1 heterocycles. The second-order valence-corrected chi connectivity index (χ2v) is 5.31. The lowest BCUT2D eigenvalue weighted by Gasteiger charge is -2.02. The van der Waals surface area contributed by atoms with E-state index >= 15 is 0 Å². The Kier molecular flexibility index (Phi) is 3.58. The first kappa shape index (κ1) is 12.6. The number of carbonyl (C=O) groups excluding carboxylic acids is 1. The van der Waals surface area contributed by atoms with Gasteiger partial charge in [0.15, 0.2) is 0 Å². The number of rotatable bonds is 2. The minimum Gasteiger partial charge on any atom is -0.461 e. The van der Waals surface area contributed by atoms with Gasteiger partial charge >= 0.3 is 5.97 Å². The monoisotopic (exact) mass is 359 g/mol. The molecular weight excluding hydrogens is 350 g/mol. The zero-order chi connectivity index (χ0) is 12.6. The number of halogens is 2. The summed E-state index contributed by atoms with van der Waals surface area (Å²) in [6.07, 6.45) is 0. The molecule has 0 aliphatic heterocycles. The van der Waals surface area contributed by atoms with Gasteiger partial charge in [0.25, 0.3) is 0 Å². The Morgan fingerprint density at radius 2 is 2.12 bits per heavy atom. The van der Waals surface area contributed by atoms with Gasteiger partial charge in [-0.1, -0.05) is 15.9 Å². The molecule has 0 atom stereocenters. The van der Waals surface area contributed by atoms with Crippen molar-refractivity contribution in [2.45, 2.75) is 13.8 Å². The van der Waals surface area contributed by atoms with Crippen LogP contribution in [0.25, 0.3) is 10.9 Å². The lowest BCUT2D eigenvalue weighted by molar-refractivity contribution is 0.0520. The molecule has 2 rings (SSSR count). The van der Waals surface area contributed by atoms with Crippen molar-refractivity contribution in [3.05, 3.63) is 32.3 Å². The predicted octanol–water partition coefficient (Wildman–Crippen LogP) is 4.18. The van der Waals surface area contributed by atoms with E-state index in [1.165, 1.54) is 0 Å². The number of benzene rings is 1. The third-order valence-electron chi connectivity index (χ3n) is 2.54. The van der Waals surface area contributed by atoms with E-state index in [0.29, 0.717) is 12.3 Å². The molecule has 0 fully saturated rings. The van der Waals surface area contributed by atoms with Crippen molar-refractivity contribution >= 4 is 48.7 Å². The van der Waals surface area contributed by atoms with E-state index in [1.807, 2.05) is 13.0 Å². The second kappa shape index (κ2) is 4.82. The standard InChI is InChI=1S/C12H11Br2NO2/c1-3-17-12(16)10-4-7-9(15-10)5-8(13)6(2)11(7)14/h4-5,15H,3H2,1-2H3. The first-order valence-electron chi connectivity index (χ1n) is 5.19. The molecule has 5 heteroatoms. The van der Waals surface area contributed by atoms with Crippen LogP contribution in [0.2, 0.25) is 0 Å². The van der Waals surface area contributed by atoms with E-state index in [9.17, 15) is 4.79 Å². The number of nitrogens with one attached hydrogen (secondary N) is 1. The van der Waals surface area contributed by atoms with E-state index in [1.54, 1.807) is 13.0 Å². The SMILES string of the molecule is CCOC(=O)c1cc2c(Br)c(C)c(Br)cc2[nH]1. The fourth-order valence-electron chi connectivity index (χ4n) is 1.63. The van der Waals surface area contributed by atoms with Crippen LogP contribution in [-0.4, -0.2) is 17.6 Å². The highest BCUT2D eigenvalue weighted by Gasteiger charge is 2.14. The fraction of sp³-hybridized carbons (Fsp3) is 0.250. The number of fused-ring (bicyclic) bond motifs is 1. The number of aromatic nitrogens is 1. The van der Waals surface area contributed by atoms with Crippen molar-refractivity contribution in [1.82, 2.24) is 4.98 Å². The van der Waals surface area contributed by atoms with Gasteiger partial charge in [0.05, 0.1) is 6.61 Å². The summed E-state index contributed by atoms with van der Waals surface area (Å²) in [5, 5.41) is 0.980. The first-order chi connectivity index (χ1) is 8.04. The van der Waals surface area contributed by atoms with Crippen molar-refractivity contribution in [3.63, 3.8) is 0 Å². The van der Waals surface area contributed by atoms with Crippen LogP contribution in [0, 0.1) is 6.92 Å². The molecule has 0 bridgehead atoms. The van der Waals surface area contributed by atoms with Crippen LogP contribution in [0.4, 0.5) is 0 Å². The Balaban J connectivity index is 2.58. The second-order valence-electron chi connectivity index (χ2n) is 3.66. The Morgan fingerprint density at radius 1 is 1.41 bits per heavy atom. The largest absolute Gasteiger partial charge is 0.461 e. The van der Waals surface area contributed by atoms with Crippen LogP contribution in [0.3, 0.4) is 0 Å². The molecule has 0 aliphatic rings. The van der Waals surface area contributed by atoms with Gasteiger partial charge in [-0.3, -0.25) is 0 Å². The molecule has 90 valence electrons. The first-order valence-corrected chi connectivity index (χ1v) is 6.77. The number of esters is 1. The summed E-state index contributed by atoms with van der Waals surface area (Å²) < 4.78 is 6.94. The molecule has 0 saturated heterocycles. The third-order valence-corrected chi connectivity index (χ3v) is 4.38. The summed E-state index contributed by atoms with van der Waals surface area (Å²) in [6.45, 7) is 4.17. The van der Waals surface area contributed by atoms with Crippen LogP contribution in [0.5, 0.6) is 0 Å². The number of ether oxygens (including phenoxy) is 1. The molecule has 1 aromatic heterocycles. The molecule has 0 radical (unpaired) electrons. The zero-order valence-electron chi connectivity index (χ0n) is 9.43. The number of hydrogen-bond acceptors (Lipinski definition) is 2. The van der Waals surface area contributed by atoms with Gasteiger partial charge in [-0.15, -0.1) is 0 Å². The number of H-pyrrole nitrogens is 1. The highest BCUT2D eigenvalue weighted by molar-refractivity contribution is 9.11. The maximum absolute atomic E-state index is 11.6.